The van der Waals surface area contributed by atoms with E-state index >= 15 is 0 Å². The molecule has 0 bridgehead atoms. The standard InChI is InChI=1S/C22H32N4O4S/c1-24-20-7-6-19(31(28,29)26-10-3-2-4-11-26)16-18(20)17-21(24)22(27)23-8-5-9-25-12-14-30-15-13-25/h6-7,16-17H,2-5,8-15H2,1H3,(H,23,27). The van der Waals surface area contributed by atoms with Gasteiger partial charge in [0.1, 0.15) is 5.69 Å². The fourth-order valence-electron chi connectivity index (χ4n) is 4.38. The summed E-state index contributed by atoms with van der Waals surface area (Å²) in [5, 5.41) is 3.76. The Kier molecular flexibility index (Phi) is 6.95. The molecule has 2 aliphatic rings. The molecule has 0 radical (unpaired) electrons. The van der Waals surface area contributed by atoms with Gasteiger partial charge in [-0.3, -0.25) is 9.69 Å². The Labute approximate surface area is 184 Å². The van der Waals surface area contributed by atoms with Gasteiger partial charge in [-0.2, -0.15) is 4.31 Å². The fraction of sp³-hybridized carbons (Fsp3) is 0.591. The highest BCUT2D eigenvalue weighted by molar-refractivity contribution is 7.89. The second-order valence-electron chi connectivity index (χ2n) is 8.34. The summed E-state index contributed by atoms with van der Waals surface area (Å²) in [6, 6.07) is 6.91. The summed E-state index contributed by atoms with van der Waals surface area (Å²) in [6.45, 7) is 6.14. The third kappa shape index (κ3) is 4.95. The minimum Gasteiger partial charge on any atom is -0.379 e. The molecule has 1 N–H and O–H groups in total. The normalized spacial score (nSPS) is 19.0. The van der Waals surface area contributed by atoms with Crippen molar-refractivity contribution in [1.29, 1.82) is 0 Å². The predicted octanol–water partition coefficient (Wildman–Crippen LogP) is 1.81. The SMILES string of the molecule is Cn1c(C(=O)NCCCN2CCOCC2)cc2cc(S(=O)(=O)N3CCCCC3)ccc21. The number of benzene rings is 1. The Bertz CT molecular complexity index is 1020. The molecule has 1 aromatic carbocycles. The van der Waals surface area contributed by atoms with E-state index in [1.165, 1.54) is 0 Å². The number of nitrogens with zero attached hydrogens (tertiary/aromatic N) is 3. The largest absolute Gasteiger partial charge is 0.379 e. The van der Waals surface area contributed by atoms with Crippen LogP contribution < -0.4 is 5.32 Å². The molecule has 0 unspecified atom stereocenters. The first-order chi connectivity index (χ1) is 15.0. The lowest BCUT2D eigenvalue weighted by Crippen LogP contribution is -2.38. The number of ether oxygens (including phenoxy) is 1. The lowest BCUT2D eigenvalue weighted by Gasteiger charge is -2.26. The number of rotatable bonds is 7. The number of hydrogen-bond acceptors (Lipinski definition) is 5. The molecule has 2 saturated heterocycles. The lowest BCUT2D eigenvalue weighted by molar-refractivity contribution is 0.0374. The highest BCUT2D eigenvalue weighted by Gasteiger charge is 2.26. The number of hydrogen-bond donors (Lipinski definition) is 1. The van der Waals surface area contributed by atoms with Crippen LogP contribution in [0.3, 0.4) is 0 Å². The van der Waals surface area contributed by atoms with Gasteiger partial charge in [-0.05, 0) is 50.1 Å². The molecule has 0 aliphatic carbocycles. The molecule has 2 fully saturated rings. The van der Waals surface area contributed by atoms with Crippen molar-refractivity contribution in [2.75, 3.05) is 52.5 Å². The topological polar surface area (TPSA) is 83.9 Å². The number of amides is 1. The predicted molar refractivity (Wildman–Crippen MR) is 120 cm³/mol. The van der Waals surface area contributed by atoms with Gasteiger partial charge in [-0.1, -0.05) is 6.42 Å². The molecule has 170 valence electrons. The highest BCUT2D eigenvalue weighted by Crippen LogP contribution is 2.26. The molecular formula is C22H32N4O4S. The number of carbonyl (C=O) groups excluding carboxylic acids is 1. The molecule has 8 nitrogen and oxygen atoms in total. The van der Waals surface area contributed by atoms with Crippen LogP contribution in [0, 0.1) is 0 Å². The fourth-order valence-corrected chi connectivity index (χ4v) is 5.93. The molecule has 31 heavy (non-hydrogen) atoms. The van der Waals surface area contributed by atoms with Gasteiger partial charge >= 0.3 is 0 Å². The van der Waals surface area contributed by atoms with Crippen LogP contribution >= 0.6 is 0 Å². The van der Waals surface area contributed by atoms with Crippen molar-refractivity contribution in [2.24, 2.45) is 7.05 Å². The van der Waals surface area contributed by atoms with Crippen molar-refractivity contribution >= 4 is 26.8 Å². The zero-order valence-corrected chi connectivity index (χ0v) is 19.0. The average Bonchev–Trinajstić information content (AvgIpc) is 3.14. The summed E-state index contributed by atoms with van der Waals surface area (Å²) >= 11 is 0. The minimum absolute atomic E-state index is 0.138. The van der Waals surface area contributed by atoms with Crippen molar-refractivity contribution < 1.29 is 17.9 Å². The second kappa shape index (κ2) is 9.68. The second-order valence-corrected chi connectivity index (χ2v) is 10.3. The summed E-state index contributed by atoms with van der Waals surface area (Å²) in [7, 11) is -1.66. The first kappa shape index (κ1) is 22.3. The lowest BCUT2D eigenvalue weighted by atomic mass is 10.2. The van der Waals surface area contributed by atoms with Crippen molar-refractivity contribution in [2.45, 2.75) is 30.6 Å². The van der Waals surface area contributed by atoms with Crippen molar-refractivity contribution in [3.63, 3.8) is 0 Å². The third-order valence-corrected chi connectivity index (χ3v) is 8.13. The molecule has 9 heteroatoms. The number of carbonyl (C=O) groups is 1. The van der Waals surface area contributed by atoms with E-state index in [2.05, 4.69) is 10.2 Å². The van der Waals surface area contributed by atoms with Crippen LogP contribution in [0.25, 0.3) is 10.9 Å². The van der Waals surface area contributed by atoms with Crippen molar-refractivity contribution in [3.8, 4) is 0 Å². The monoisotopic (exact) mass is 448 g/mol. The molecular weight excluding hydrogens is 416 g/mol. The zero-order valence-electron chi connectivity index (χ0n) is 18.2. The Balaban J connectivity index is 1.42. The quantitative estimate of drug-likeness (QED) is 0.653. The highest BCUT2D eigenvalue weighted by atomic mass is 32.2. The molecule has 2 aromatic rings. The van der Waals surface area contributed by atoms with Crippen LogP contribution in [0.4, 0.5) is 0 Å². The van der Waals surface area contributed by atoms with Gasteiger partial charge in [-0.15, -0.1) is 0 Å². The summed E-state index contributed by atoms with van der Waals surface area (Å²) in [5.41, 5.74) is 1.38. The number of nitrogens with one attached hydrogen (secondary N) is 1. The van der Waals surface area contributed by atoms with Gasteiger partial charge in [0.2, 0.25) is 10.0 Å². The molecule has 1 aromatic heterocycles. The number of fused-ring (bicyclic) bond motifs is 1. The van der Waals surface area contributed by atoms with Gasteiger partial charge in [0.25, 0.3) is 5.91 Å². The maximum atomic E-state index is 13.0. The smallest absolute Gasteiger partial charge is 0.267 e. The Morgan fingerprint density at radius 2 is 1.81 bits per heavy atom. The Hall–Kier alpha value is -1.94. The molecule has 0 atom stereocenters. The molecule has 4 rings (SSSR count). The molecule has 2 aliphatic heterocycles. The van der Waals surface area contributed by atoms with Crippen LogP contribution in [0.1, 0.15) is 36.2 Å². The molecule has 1 amide bonds. The number of sulfonamides is 1. The first-order valence-corrected chi connectivity index (χ1v) is 12.6. The van der Waals surface area contributed by atoms with Crippen LogP contribution in [-0.2, 0) is 21.8 Å². The van der Waals surface area contributed by atoms with E-state index in [0.29, 0.717) is 30.2 Å². The zero-order chi connectivity index (χ0) is 21.8. The number of piperidine rings is 1. The minimum atomic E-state index is -3.50. The van der Waals surface area contributed by atoms with Gasteiger partial charge in [0.05, 0.1) is 18.1 Å². The van der Waals surface area contributed by atoms with Crippen molar-refractivity contribution in [1.82, 2.24) is 19.1 Å². The van der Waals surface area contributed by atoms with Crippen LogP contribution in [0.5, 0.6) is 0 Å². The van der Waals surface area contributed by atoms with Crippen LogP contribution in [-0.4, -0.2) is 80.6 Å². The first-order valence-electron chi connectivity index (χ1n) is 11.1. The number of aryl methyl sites for hydroxylation is 1. The summed E-state index contributed by atoms with van der Waals surface area (Å²) in [6.07, 6.45) is 3.77. The number of morpholine rings is 1. The Morgan fingerprint density at radius 3 is 2.55 bits per heavy atom. The maximum absolute atomic E-state index is 13.0. The summed E-state index contributed by atoms with van der Waals surface area (Å²) < 4.78 is 34.7. The molecule has 0 saturated carbocycles. The number of aromatic nitrogens is 1. The van der Waals surface area contributed by atoms with Gasteiger partial charge in [0, 0.05) is 50.7 Å². The summed E-state index contributed by atoms with van der Waals surface area (Å²) in [4.78, 5) is 15.4. The van der Waals surface area contributed by atoms with E-state index in [1.54, 1.807) is 28.6 Å². The van der Waals surface area contributed by atoms with Gasteiger partial charge in [-0.25, -0.2) is 8.42 Å². The Morgan fingerprint density at radius 1 is 1.06 bits per heavy atom. The van der Waals surface area contributed by atoms with Crippen molar-refractivity contribution in [3.05, 3.63) is 30.0 Å². The third-order valence-electron chi connectivity index (χ3n) is 6.24. The van der Waals surface area contributed by atoms with Crippen LogP contribution in [0.2, 0.25) is 0 Å². The molecule has 3 heterocycles. The van der Waals surface area contributed by atoms with Crippen LogP contribution in [0.15, 0.2) is 29.2 Å². The van der Waals surface area contributed by atoms with E-state index in [1.807, 2.05) is 11.6 Å². The van der Waals surface area contributed by atoms with E-state index < -0.39 is 10.0 Å². The van der Waals surface area contributed by atoms with E-state index in [0.717, 1.165) is 69.4 Å². The summed E-state index contributed by atoms with van der Waals surface area (Å²) in [5.74, 6) is -0.138. The average molecular weight is 449 g/mol. The maximum Gasteiger partial charge on any atom is 0.267 e. The van der Waals surface area contributed by atoms with E-state index in [4.69, 9.17) is 4.74 Å². The van der Waals surface area contributed by atoms with Gasteiger partial charge < -0.3 is 14.6 Å². The van der Waals surface area contributed by atoms with E-state index in [9.17, 15) is 13.2 Å². The molecule has 0 spiro atoms. The van der Waals surface area contributed by atoms with Gasteiger partial charge in [0.15, 0.2) is 0 Å². The van der Waals surface area contributed by atoms with E-state index in [-0.39, 0.29) is 5.91 Å².